The van der Waals surface area contributed by atoms with Crippen molar-refractivity contribution in [1.82, 2.24) is 14.9 Å². The Hall–Kier alpha value is -2.18. The molecule has 0 saturated heterocycles. The molecule has 0 aliphatic heterocycles. The molecule has 3 atom stereocenters. The summed E-state index contributed by atoms with van der Waals surface area (Å²) in [6, 6.07) is 6.64. The third-order valence-electron chi connectivity index (χ3n) is 4.34. The molecule has 1 aliphatic rings. The predicted molar refractivity (Wildman–Crippen MR) is 84.6 cm³/mol. The van der Waals surface area contributed by atoms with Crippen molar-refractivity contribution in [3.63, 3.8) is 0 Å². The maximum atomic E-state index is 12.3. The number of carbonyl (C=O) groups excluding carboxylic acids is 1. The van der Waals surface area contributed by atoms with Crippen LogP contribution in [0.25, 0.3) is 0 Å². The van der Waals surface area contributed by atoms with E-state index in [1.165, 1.54) is 0 Å². The van der Waals surface area contributed by atoms with Crippen LogP contribution in [0.15, 0.2) is 43.0 Å². The van der Waals surface area contributed by atoms with Crippen LogP contribution in [0, 0.1) is 5.92 Å². The lowest BCUT2D eigenvalue weighted by Gasteiger charge is -2.16. The number of amides is 1. The summed E-state index contributed by atoms with van der Waals surface area (Å²) in [5.41, 5.74) is 1.20. The predicted octanol–water partition coefficient (Wildman–Crippen LogP) is 0.945. The molecule has 23 heavy (non-hydrogen) atoms. The van der Waals surface area contributed by atoms with E-state index in [1.54, 1.807) is 36.8 Å². The van der Waals surface area contributed by atoms with E-state index in [0.717, 1.165) is 13.0 Å². The van der Waals surface area contributed by atoms with Crippen molar-refractivity contribution in [2.45, 2.75) is 38.1 Å². The smallest absolute Gasteiger partial charge is 0.251 e. The van der Waals surface area contributed by atoms with Crippen LogP contribution >= 0.6 is 0 Å². The van der Waals surface area contributed by atoms with Crippen LogP contribution in [0.3, 0.4) is 0 Å². The van der Waals surface area contributed by atoms with Gasteiger partial charge in [0.15, 0.2) is 0 Å². The second kappa shape index (κ2) is 6.93. The number of benzene rings is 1. The van der Waals surface area contributed by atoms with Gasteiger partial charge in [-0.2, -0.15) is 0 Å². The lowest BCUT2D eigenvalue weighted by atomic mass is 10.1. The van der Waals surface area contributed by atoms with Crippen molar-refractivity contribution in [1.29, 1.82) is 0 Å². The molecule has 1 saturated carbocycles. The largest absolute Gasteiger partial charge is 0.392 e. The normalized spacial score (nSPS) is 23.8. The van der Waals surface area contributed by atoms with Gasteiger partial charge in [-0.15, -0.1) is 0 Å². The second-order valence-corrected chi connectivity index (χ2v) is 6.10. The Bertz CT molecular complexity index is 657. The average molecular weight is 315 g/mol. The molecule has 1 aliphatic carbocycles. The first-order valence-electron chi connectivity index (χ1n) is 7.80. The van der Waals surface area contributed by atoms with Gasteiger partial charge in [0, 0.05) is 24.5 Å². The number of aromatic nitrogens is 2. The number of aliphatic hydroxyl groups is 2. The number of hydrogen-bond acceptors (Lipinski definition) is 4. The van der Waals surface area contributed by atoms with Gasteiger partial charge in [0.2, 0.25) is 0 Å². The van der Waals surface area contributed by atoms with Gasteiger partial charge in [-0.25, -0.2) is 4.98 Å². The zero-order valence-corrected chi connectivity index (χ0v) is 12.8. The molecule has 1 aromatic heterocycles. The van der Waals surface area contributed by atoms with E-state index in [2.05, 4.69) is 10.3 Å². The van der Waals surface area contributed by atoms with Crippen molar-refractivity contribution in [3.8, 4) is 0 Å². The standard InChI is InChI=1S/C17H21N3O3/c21-10-12-2-1-3-14(6-12)17(23)19-15-7-13(8-16(15)22)9-20-5-4-18-11-20/h1-6,11,13,15-16,21-22H,7-10H2,(H,19,23)/t13?,15-,16-/m1/s1. The number of imidazole rings is 1. The highest BCUT2D eigenvalue weighted by Crippen LogP contribution is 2.27. The van der Waals surface area contributed by atoms with Crippen LogP contribution < -0.4 is 5.32 Å². The SMILES string of the molecule is O=C(N[C@@H]1CC(Cn2ccnc2)C[C@H]1O)c1cccc(CO)c1. The first-order valence-corrected chi connectivity index (χ1v) is 7.80. The summed E-state index contributed by atoms with van der Waals surface area (Å²) >= 11 is 0. The molecule has 0 spiro atoms. The average Bonchev–Trinajstić information content (AvgIpc) is 3.18. The summed E-state index contributed by atoms with van der Waals surface area (Å²) in [7, 11) is 0. The fourth-order valence-electron chi connectivity index (χ4n) is 3.18. The summed E-state index contributed by atoms with van der Waals surface area (Å²) in [4.78, 5) is 16.3. The third-order valence-corrected chi connectivity index (χ3v) is 4.34. The Kier molecular flexibility index (Phi) is 4.73. The van der Waals surface area contributed by atoms with Crippen molar-refractivity contribution < 1.29 is 15.0 Å². The maximum Gasteiger partial charge on any atom is 0.251 e. The number of aliphatic hydroxyl groups excluding tert-OH is 2. The van der Waals surface area contributed by atoms with Crippen molar-refractivity contribution in [3.05, 3.63) is 54.1 Å². The molecule has 6 heteroatoms. The maximum absolute atomic E-state index is 12.3. The Balaban J connectivity index is 1.60. The monoisotopic (exact) mass is 315 g/mol. The molecule has 3 rings (SSSR count). The van der Waals surface area contributed by atoms with Gasteiger partial charge in [-0.1, -0.05) is 12.1 Å². The number of nitrogens with zero attached hydrogens (tertiary/aromatic N) is 2. The molecule has 1 heterocycles. The van der Waals surface area contributed by atoms with E-state index < -0.39 is 6.10 Å². The molecular weight excluding hydrogens is 294 g/mol. The van der Waals surface area contributed by atoms with E-state index in [1.807, 2.05) is 10.8 Å². The van der Waals surface area contributed by atoms with Crippen LogP contribution in [0.4, 0.5) is 0 Å². The number of rotatable bonds is 5. The van der Waals surface area contributed by atoms with E-state index in [-0.39, 0.29) is 18.6 Å². The van der Waals surface area contributed by atoms with E-state index >= 15 is 0 Å². The van der Waals surface area contributed by atoms with Crippen LogP contribution in [0.5, 0.6) is 0 Å². The number of carbonyl (C=O) groups is 1. The van der Waals surface area contributed by atoms with Gasteiger partial charge in [-0.3, -0.25) is 4.79 Å². The zero-order valence-electron chi connectivity index (χ0n) is 12.8. The summed E-state index contributed by atoms with van der Waals surface area (Å²) in [6.45, 7) is 0.698. The molecule has 1 fully saturated rings. The fourth-order valence-corrected chi connectivity index (χ4v) is 3.18. The van der Waals surface area contributed by atoms with Crippen LogP contribution in [0.2, 0.25) is 0 Å². The minimum Gasteiger partial charge on any atom is -0.392 e. The van der Waals surface area contributed by atoms with Crippen molar-refractivity contribution in [2.75, 3.05) is 0 Å². The summed E-state index contributed by atoms with van der Waals surface area (Å²) < 4.78 is 1.99. The van der Waals surface area contributed by atoms with Crippen LogP contribution in [-0.4, -0.2) is 37.8 Å². The van der Waals surface area contributed by atoms with E-state index in [9.17, 15) is 9.90 Å². The molecule has 6 nitrogen and oxygen atoms in total. The van der Waals surface area contributed by atoms with Crippen molar-refractivity contribution in [2.24, 2.45) is 5.92 Å². The molecular formula is C17H21N3O3. The third kappa shape index (κ3) is 3.78. The molecule has 2 aromatic rings. The Morgan fingerprint density at radius 2 is 2.26 bits per heavy atom. The quantitative estimate of drug-likeness (QED) is 0.766. The Labute approximate surface area is 134 Å². The minimum atomic E-state index is -0.534. The lowest BCUT2D eigenvalue weighted by Crippen LogP contribution is -2.39. The molecule has 0 bridgehead atoms. The van der Waals surface area contributed by atoms with Gasteiger partial charge in [-0.05, 0) is 36.5 Å². The molecule has 0 radical (unpaired) electrons. The highest BCUT2D eigenvalue weighted by Gasteiger charge is 2.34. The minimum absolute atomic E-state index is 0.0971. The highest BCUT2D eigenvalue weighted by molar-refractivity contribution is 5.94. The summed E-state index contributed by atoms with van der Waals surface area (Å²) in [5, 5.41) is 22.3. The van der Waals surface area contributed by atoms with E-state index in [4.69, 9.17) is 5.11 Å². The second-order valence-electron chi connectivity index (χ2n) is 6.10. The first kappa shape index (κ1) is 15.7. The van der Waals surface area contributed by atoms with Crippen LogP contribution in [-0.2, 0) is 13.2 Å². The lowest BCUT2D eigenvalue weighted by molar-refractivity contribution is 0.0872. The van der Waals surface area contributed by atoms with Gasteiger partial charge in [0.25, 0.3) is 5.91 Å². The summed E-state index contributed by atoms with van der Waals surface area (Å²) in [5.74, 6) is 0.0981. The van der Waals surface area contributed by atoms with Crippen molar-refractivity contribution >= 4 is 5.91 Å². The van der Waals surface area contributed by atoms with Gasteiger partial charge >= 0.3 is 0 Å². The van der Waals surface area contributed by atoms with Gasteiger partial charge in [0.05, 0.1) is 25.1 Å². The van der Waals surface area contributed by atoms with E-state index in [0.29, 0.717) is 23.5 Å². The van der Waals surface area contributed by atoms with Gasteiger partial charge < -0.3 is 20.1 Å². The highest BCUT2D eigenvalue weighted by atomic mass is 16.3. The Morgan fingerprint density at radius 1 is 1.39 bits per heavy atom. The summed E-state index contributed by atoms with van der Waals surface area (Å²) in [6.07, 6.45) is 6.27. The molecule has 1 aromatic carbocycles. The van der Waals surface area contributed by atoms with Gasteiger partial charge in [0.1, 0.15) is 0 Å². The Morgan fingerprint density at radius 3 is 3.00 bits per heavy atom. The zero-order chi connectivity index (χ0) is 16.2. The van der Waals surface area contributed by atoms with Crippen LogP contribution in [0.1, 0.15) is 28.8 Å². The first-order chi connectivity index (χ1) is 11.2. The molecule has 3 N–H and O–H groups in total. The topological polar surface area (TPSA) is 87.4 Å². The fraction of sp³-hybridized carbons (Fsp3) is 0.412. The molecule has 1 unspecified atom stereocenters. The number of hydrogen-bond donors (Lipinski definition) is 3. The number of nitrogens with one attached hydrogen (secondary N) is 1. The molecule has 1 amide bonds. The molecule has 122 valence electrons.